The highest BCUT2D eigenvalue weighted by atomic mass is 32.2. The van der Waals surface area contributed by atoms with Crippen molar-refractivity contribution in [2.75, 3.05) is 0 Å². The molecule has 1 saturated carbocycles. The van der Waals surface area contributed by atoms with Crippen LogP contribution in [0.5, 0.6) is 0 Å². The number of hydrogen-bond donors (Lipinski definition) is 0. The van der Waals surface area contributed by atoms with Gasteiger partial charge in [-0.15, -0.1) is 11.3 Å². The van der Waals surface area contributed by atoms with E-state index in [1.807, 2.05) is 36.9 Å². The van der Waals surface area contributed by atoms with Gasteiger partial charge in [0.2, 0.25) is 0 Å². The molecule has 132 valence electrons. The van der Waals surface area contributed by atoms with Crippen molar-refractivity contribution in [2.45, 2.75) is 79.1 Å². The maximum atomic E-state index is 4.31. The van der Waals surface area contributed by atoms with E-state index in [-0.39, 0.29) is 0 Å². The number of thioether (sulfide) groups is 1. The summed E-state index contributed by atoms with van der Waals surface area (Å²) in [6.07, 6.45) is 12.7. The van der Waals surface area contributed by atoms with Gasteiger partial charge < -0.3 is 0 Å². The van der Waals surface area contributed by atoms with Gasteiger partial charge in [0.1, 0.15) is 0 Å². The Morgan fingerprint density at radius 3 is 2.54 bits per heavy atom. The maximum Gasteiger partial charge on any atom is 0.0314 e. The molecule has 0 nitrogen and oxygen atoms in total. The second-order valence-electron chi connectivity index (χ2n) is 6.52. The lowest BCUT2D eigenvalue weighted by molar-refractivity contribution is 0.442. The van der Waals surface area contributed by atoms with E-state index in [9.17, 15) is 0 Å². The lowest BCUT2D eigenvalue weighted by Crippen LogP contribution is -2.07. The smallest absolute Gasteiger partial charge is 0.0314 e. The molecule has 2 aliphatic carbocycles. The summed E-state index contributed by atoms with van der Waals surface area (Å²) < 4.78 is 0. The normalized spacial score (nSPS) is 17.9. The number of allylic oxidation sites excluding steroid dienone is 3. The zero-order chi connectivity index (χ0) is 17.7. The number of thiophene rings is 1. The average Bonchev–Trinajstić information content (AvgIpc) is 3.13. The van der Waals surface area contributed by atoms with Crippen LogP contribution in [0, 0.1) is 6.92 Å². The Bertz CT molecular complexity index is 637. The van der Waals surface area contributed by atoms with Crippen molar-refractivity contribution in [2.24, 2.45) is 0 Å². The molecular weight excluding hydrogens is 328 g/mol. The van der Waals surface area contributed by atoms with Crippen LogP contribution in [-0.4, -0.2) is 0 Å². The molecule has 0 bridgehead atoms. The highest BCUT2D eigenvalue weighted by Gasteiger charge is 2.27. The Hall–Kier alpha value is -0.730. The SMILES string of the molecule is C=C(S/C(C)=C\C)C1=Cc2sc(C)c(C3CCCCC3)c2C1.CC. The first-order valence-electron chi connectivity index (χ1n) is 9.43. The molecule has 1 aromatic rings. The fourth-order valence-corrected chi connectivity index (χ4v) is 5.75. The van der Waals surface area contributed by atoms with Crippen LogP contribution in [0.25, 0.3) is 6.08 Å². The quantitative estimate of drug-likeness (QED) is 0.521. The molecule has 0 atom stereocenters. The van der Waals surface area contributed by atoms with Gasteiger partial charge >= 0.3 is 0 Å². The van der Waals surface area contributed by atoms with Gasteiger partial charge in [-0.25, -0.2) is 0 Å². The molecule has 0 aromatic carbocycles. The van der Waals surface area contributed by atoms with E-state index in [0.29, 0.717) is 0 Å². The summed E-state index contributed by atoms with van der Waals surface area (Å²) in [5, 5.41) is 0. The zero-order valence-corrected chi connectivity index (χ0v) is 17.6. The summed E-state index contributed by atoms with van der Waals surface area (Å²) in [5.74, 6) is 0.819. The van der Waals surface area contributed by atoms with E-state index in [0.717, 1.165) is 12.3 Å². The summed E-state index contributed by atoms with van der Waals surface area (Å²) in [7, 11) is 0. The molecule has 0 N–H and O–H groups in total. The predicted octanol–water partition coefficient (Wildman–Crippen LogP) is 8.24. The van der Waals surface area contributed by atoms with Crippen LogP contribution in [0.2, 0.25) is 0 Å². The molecule has 0 saturated heterocycles. The predicted molar refractivity (Wildman–Crippen MR) is 114 cm³/mol. The Morgan fingerprint density at radius 2 is 1.92 bits per heavy atom. The van der Waals surface area contributed by atoms with Crippen molar-refractivity contribution in [3.05, 3.63) is 48.9 Å². The first-order valence-corrected chi connectivity index (χ1v) is 11.1. The molecule has 0 spiro atoms. The van der Waals surface area contributed by atoms with Crippen molar-refractivity contribution in [3.8, 4) is 0 Å². The van der Waals surface area contributed by atoms with Gasteiger partial charge in [-0.1, -0.05) is 57.5 Å². The Kier molecular flexibility index (Phi) is 7.43. The van der Waals surface area contributed by atoms with Crippen molar-refractivity contribution < 1.29 is 0 Å². The molecule has 0 unspecified atom stereocenters. The van der Waals surface area contributed by atoms with Crippen LogP contribution in [0.15, 0.2) is 28.0 Å². The first kappa shape index (κ1) is 19.6. The topological polar surface area (TPSA) is 0 Å². The highest BCUT2D eigenvalue weighted by molar-refractivity contribution is 8.06. The highest BCUT2D eigenvalue weighted by Crippen LogP contribution is 2.46. The summed E-state index contributed by atoms with van der Waals surface area (Å²) >= 11 is 3.82. The van der Waals surface area contributed by atoms with Gasteiger partial charge in [-0.2, -0.15) is 0 Å². The number of aryl methyl sites for hydroxylation is 1. The van der Waals surface area contributed by atoms with Gasteiger partial charge in [0.15, 0.2) is 0 Å². The third kappa shape index (κ3) is 4.26. The standard InChI is InChI=1S/C20H26S2.C2H6/c1-5-13(2)21-14(3)17-11-18-19(12-17)22-15(4)20(18)16-9-7-6-8-10-16;1-2/h5,12,16H,3,6-11H2,1-2,4H3;1-2H3/b13-5-;. The molecule has 0 radical (unpaired) electrons. The largest absolute Gasteiger partial charge is 0.141 e. The van der Waals surface area contributed by atoms with E-state index in [4.69, 9.17) is 0 Å². The molecule has 1 fully saturated rings. The van der Waals surface area contributed by atoms with Gasteiger partial charge in [0.05, 0.1) is 0 Å². The van der Waals surface area contributed by atoms with Crippen molar-refractivity contribution >= 4 is 29.2 Å². The minimum Gasteiger partial charge on any atom is -0.141 e. The van der Waals surface area contributed by atoms with Gasteiger partial charge in [-0.05, 0) is 67.2 Å². The van der Waals surface area contributed by atoms with Crippen molar-refractivity contribution in [1.82, 2.24) is 0 Å². The third-order valence-electron chi connectivity index (χ3n) is 5.00. The van der Waals surface area contributed by atoms with E-state index >= 15 is 0 Å². The average molecular weight is 361 g/mol. The van der Waals surface area contributed by atoms with Crippen molar-refractivity contribution in [3.63, 3.8) is 0 Å². The van der Waals surface area contributed by atoms with E-state index in [1.54, 1.807) is 16.0 Å². The van der Waals surface area contributed by atoms with E-state index in [1.165, 1.54) is 52.4 Å². The summed E-state index contributed by atoms with van der Waals surface area (Å²) in [5.41, 5.74) is 4.76. The Balaban J connectivity index is 0.00000100. The fraction of sp³-hybridized carbons (Fsp3) is 0.545. The van der Waals surface area contributed by atoms with Crippen LogP contribution >= 0.6 is 23.1 Å². The molecule has 0 aliphatic heterocycles. The zero-order valence-electron chi connectivity index (χ0n) is 16.0. The van der Waals surface area contributed by atoms with E-state index < -0.39 is 0 Å². The molecular formula is C22H32S2. The fourth-order valence-electron chi connectivity index (χ4n) is 3.75. The molecule has 1 aromatic heterocycles. The Morgan fingerprint density at radius 1 is 1.25 bits per heavy atom. The minimum atomic E-state index is 0.819. The molecule has 2 aliphatic rings. The maximum absolute atomic E-state index is 4.31. The second kappa shape index (κ2) is 9.10. The molecule has 3 rings (SSSR count). The third-order valence-corrected chi connectivity index (χ3v) is 7.18. The van der Waals surface area contributed by atoms with Crippen LogP contribution in [0.1, 0.15) is 86.6 Å². The second-order valence-corrected chi connectivity index (χ2v) is 9.12. The van der Waals surface area contributed by atoms with Gasteiger partial charge in [-0.3, -0.25) is 0 Å². The van der Waals surface area contributed by atoms with Gasteiger partial charge in [0, 0.05) is 21.1 Å². The summed E-state index contributed by atoms with van der Waals surface area (Å²) in [6, 6.07) is 0. The van der Waals surface area contributed by atoms with Crippen LogP contribution in [0.3, 0.4) is 0 Å². The molecule has 1 heterocycles. The van der Waals surface area contributed by atoms with Crippen LogP contribution in [0.4, 0.5) is 0 Å². The molecule has 0 amide bonds. The monoisotopic (exact) mass is 360 g/mol. The van der Waals surface area contributed by atoms with E-state index in [2.05, 4.69) is 39.5 Å². The number of hydrogen-bond acceptors (Lipinski definition) is 2. The van der Waals surface area contributed by atoms with Gasteiger partial charge in [0.25, 0.3) is 0 Å². The first-order chi connectivity index (χ1) is 11.6. The summed E-state index contributed by atoms with van der Waals surface area (Å²) in [4.78, 5) is 5.64. The lowest BCUT2D eigenvalue weighted by atomic mass is 9.82. The molecule has 24 heavy (non-hydrogen) atoms. The number of fused-ring (bicyclic) bond motifs is 1. The summed E-state index contributed by atoms with van der Waals surface area (Å²) in [6.45, 7) is 14.9. The number of rotatable bonds is 4. The van der Waals surface area contributed by atoms with Crippen molar-refractivity contribution in [1.29, 1.82) is 0 Å². The minimum absolute atomic E-state index is 0.819. The lowest BCUT2D eigenvalue weighted by Gasteiger charge is -2.23. The Labute approximate surface area is 157 Å². The molecule has 2 heteroatoms. The van der Waals surface area contributed by atoms with Crippen LogP contribution in [-0.2, 0) is 6.42 Å². The van der Waals surface area contributed by atoms with Crippen LogP contribution < -0.4 is 0 Å².